The van der Waals surface area contributed by atoms with Crippen LogP contribution in [0.5, 0.6) is 5.75 Å². The van der Waals surface area contributed by atoms with E-state index < -0.39 is 21.2 Å². The molecule has 0 aromatic heterocycles. The lowest BCUT2D eigenvalue weighted by molar-refractivity contribution is -0.136. The Morgan fingerprint density at radius 3 is 2.43 bits per heavy atom. The number of rotatable bonds is 7. The molecular formula is C14H21NO5S. The van der Waals surface area contributed by atoms with Gasteiger partial charge in [0.25, 0.3) is 0 Å². The van der Waals surface area contributed by atoms with Gasteiger partial charge in [-0.15, -0.1) is 0 Å². The predicted molar refractivity (Wildman–Crippen MR) is 79.9 cm³/mol. The first-order chi connectivity index (χ1) is 9.71. The molecule has 0 radical (unpaired) electrons. The number of hydrogen-bond acceptors (Lipinski definition) is 4. The first-order valence-corrected chi connectivity index (χ1v) is 8.03. The van der Waals surface area contributed by atoms with E-state index in [2.05, 4.69) is 0 Å². The average Bonchev–Trinajstić information content (AvgIpc) is 2.45. The normalized spacial score (nSPS) is 14.7. The summed E-state index contributed by atoms with van der Waals surface area (Å²) in [7, 11) is -0.934. The van der Waals surface area contributed by atoms with Crippen molar-refractivity contribution in [3.63, 3.8) is 0 Å². The molecule has 0 spiro atoms. The van der Waals surface area contributed by atoms with Gasteiger partial charge in [-0.3, -0.25) is 4.79 Å². The number of carbonyl (C=O) groups is 1. The average molecular weight is 315 g/mol. The lowest BCUT2D eigenvalue weighted by atomic mass is 10.1. The van der Waals surface area contributed by atoms with Gasteiger partial charge in [0.1, 0.15) is 5.75 Å². The molecule has 0 aliphatic rings. The van der Waals surface area contributed by atoms with Gasteiger partial charge >= 0.3 is 5.97 Å². The quantitative estimate of drug-likeness (QED) is 0.821. The maximum Gasteiger partial charge on any atom is 0.323 e. The number of sulfonamides is 1. The van der Waals surface area contributed by atoms with Crippen LogP contribution in [0.1, 0.15) is 19.4 Å². The largest absolute Gasteiger partial charge is 0.496 e. The summed E-state index contributed by atoms with van der Waals surface area (Å²) in [6.45, 7) is 2.91. The third-order valence-electron chi connectivity index (χ3n) is 3.52. The Morgan fingerprint density at radius 1 is 1.33 bits per heavy atom. The Hall–Kier alpha value is -1.60. The minimum Gasteiger partial charge on any atom is -0.496 e. The molecule has 2 atom stereocenters. The molecule has 118 valence electrons. The predicted octanol–water partition coefficient (Wildman–Crippen LogP) is 1.36. The van der Waals surface area contributed by atoms with Crippen molar-refractivity contribution in [2.75, 3.05) is 14.2 Å². The van der Waals surface area contributed by atoms with Gasteiger partial charge in [-0.05, 0) is 31.9 Å². The highest BCUT2D eigenvalue weighted by Gasteiger charge is 2.34. The van der Waals surface area contributed by atoms with Crippen LogP contribution in [0, 0.1) is 0 Å². The van der Waals surface area contributed by atoms with E-state index in [1.165, 1.54) is 14.0 Å². The van der Waals surface area contributed by atoms with E-state index in [0.717, 1.165) is 9.87 Å². The van der Waals surface area contributed by atoms with Gasteiger partial charge in [0.2, 0.25) is 10.0 Å². The number of para-hydroxylation sites is 1. The van der Waals surface area contributed by atoms with Gasteiger partial charge in [-0.1, -0.05) is 18.2 Å². The zero-order chi connectivity index (χ0) is 16.2. The summed E-state index contributed by atoms with van der Waals surface area (Å²) in [5.74, 6) is -0.673. The monoisotopic (exact) mass is 315 g/mol. The molecule has 0 bridgehead atoms. The van der Waals surface area contributed by atoms with Crippen molar-refractivity contribution in [1.82, 2.24) is 4.31 Å². The molecule has 0 heterocycles. The molecule has 6 nitrogen and oxygen atoms in total. The lowest BCUT2D eigenvalue weighted by Gasteiger charge is -2.26. The summed E-state index contributed by atoms with van der Waals surface area (Å²) >= 11 is 0. The highest BCUT2D eigenvalue weighted by atomic mass is 32.2. The molecule has 1 aromatic rings. The summed E-state index contributed by atoms with van der Waals surface area (Å²) in [6, 6.07) is 6.96. The second kappa shape index (κ2) is 6.91. The van der Waals surface area contributed by atoms with Crippen molar-refractivity contribution in [1.29, 1.82) is 0 Å². The van der Waals surface area contributed by atoms with Crippen LogP contribution in [0.4, 0.5) is 0 Å². The number of ether oxygens (including phenoxy) is 1. The fraction of sp³-hybridized carbons (Fsp3) is 0.500. The van der Waals surface area contributed by atoms with E-state index in [-0.39, 0.29) is 6.04 Å². The molecule has 1 rings (SSSR count). The van der Waals surface area contributed by atoms with Crippen molar-refractivity contribution >= 4 is 16.0 Å². The molecule has 0 amide bonds. The van der Waals surface area contributed by atoms with E-state index in [1.807, 2.05) is 18.2 Å². The Bertz CT molecular complexity index is 599. The summed E-state index contributed by atoms with van der Waals surface area (Å²) in [5, 5.41) is 7.42. The standard InChI is InChI=1S/C14H21NO5S/c1-10(9-12-7-5-6-8-13(12)20-4)15(3)21(18,19)11(2)14(16)17/h5-8,10-11H,9H2,1-4H3,(H,16,17). The highest BCUT2D eigenvalue weighted by molar-refractivity contribution is 7.90. The van der Waals surface area contributed by atoms with Crippen LogP contribution < -0.4 is 4.74 Å². The molecule has 0 saturated heterocycles. The van der Waals surface area contributed by atoms with Crippen LogP contribution in [0.25, 0.3) is 0 Å². The first-order valence-electron chi connectivity index (χ1n) is 6.53. The second-order valence-electron chi connectivity index (χ2n) is 4.91. The third-order valence-corrected chi connectivity index (χ3v) is 5.78. The van der Waals surface area contributed by atoms with Crippen molar-refractivity contribution in [2.45, 2.75) is 31.6 Å². The summed E-state index contributed by atoms with van der Waals surface area (Å²) < 4.78 is 30.7. The van der Waals surface area contributed by atoms with E-state index in [1.54, 1.807) is 20.1 Å². The molecule has 0 fully saturated rings. The molecular weight excluding hydrogens is 294 g/mol. The molecule has 0 aliphatic carbocycles. The number of nitrogens with zero attached hydrogens (tertiary/aromatic N) is 1. The van der Waals surface area contributed by atoms with Gasteiger partial charge in [-0.2, -0.15) is 0 Å². The minimum atomic E-state index is -3.88. The van der Waals surface area contributed by atoms with Crippen LogP contribution >= 0.6 is 0 Å². The topological polar surface area (TPSA) is 83.9 Å². The Morgan fingerprint density at radius 2 is 1.90 bits per heavy atom. The molecule has 1 aromatic carbocycles. The van der Waals surface area contributed by atoms with E-state index in [9.17, 15) is 13.2 Å². The molecule has 21 heavy (non-hydrogen) atoms. The molecule has 1 N–H and O–H groups in total. The maximum atomic E-state index is 12.2. The van der Waals surface area contributed by atoms with Gasteiger partial charge < -0.3 is 9.84 Å². The number of likely N-dealkylation sites (N-methyl/N-ethyl adjacent to an activating group) is 1. The van der Waals surface area contributed by atoms with Gasteiger partial charge in [-0.25, -0.2) is 12.7 Å². The second-order valence-corrected chi connectivity index (χ2v) is 7.22. The van der Waals surface area contributed by atoms with Crippen LogP contribution in [-0.2, 0) is 21.2 Å². The Kier molecular flexibility index (Phi) is 5.74. The van der Waals surface area contributed by atoms with Crippen LogP contribution in [0.15, 0.2) is 24.3 Å². The van der Waals surface area contributed by atoms with Gasteiger partial charge in [0, 0.05) is 13.1 Å². The minimum absolute atomic E-state index is 0.381. The Balaban J connectivity index is 2.93. The van der Waals surface area contributed by atoms with E-state index >= 15 is 0 Å². The number of methoxy groups -OCH3 is 1. The SMILES string of the molecule is COc1ccccc1CC(C)N(C)S(=O)(=O)C(C)C(=O)O. The fourth-order valence-corrected chi connectivity index (χ4v) is 3.28. The fourth-order valence-electron chi connectivity index (χ4n) is 1.95. The van der Waals surface area contributed by atoms with Crippen LogP contribution in [0.2, 0.25) is 0 Å². The smallest absolute Gasteiger partial charge is 0.323 e. The molecule has 7 heteroatoms. The van der Waals surface area contributed by atoms with Crippen LogP contribution in [0.3, 0.4) is 0 Å². The molecule has 2 unspecified atom stereocenters. The number of carboxylic acid groups (broad SMARTS) is 1. The summed E-state index contributed by atoms with van der Waals surface area (Å²) in [4.78, 5) is 10.9. The first kappa shape index (κ1) is 17.5. The summed E-state index contributed by atoms with van der Waals surface area (Å²) in [6.07, 6.45) is 0.437. The van der Waals surface area contributed by atoms with Crippen molar-refractivity contribution in [2.24, 2.45) is 0 Å². The third kappa shape index (κ3) is 3.95. The maximum absolute atomic E-state index is 12.2. The zero-order valence-corrected chi connectivity index (χ0v) is 13.4. The van der Waals surface area contributed by atoms with Crippen molar-refractivity contribution in [3.05, 3.63) is 29.8 Å². The van der Waals surface area contributed by atoms with Gasteiger partial charge in [0.05, 0.1) is 7.11 Å². The number of carboxylic acids is 1. The van der Waals surface area contributed by atoms with Crippen molar-refractivity contribution in [3.8, 4) is 5.75 Å². The lowest BCUT2D eigenvalue weighted by Crippen LogP contribution is -2.44. The molecule has 0 saturated carbocycles. The number of benzene rings is 1. The number of aliphatic carboxylic acids is 1. The van der Waals surface area contributed by atoms with Crippen LogP contribution in [-0.4, -0.2) is 49.2 Å². The summed E-state index contributed by atoms with van der Waals surface area (Å²) in [5.41, 5.74) is 0.873. The van der Waals surface area contributed by atoms with E-state index in [4.69, 9.17) is 9.84 Å². The zero-order valence-electron chi connectivity index (χ0n) is 12.6. The van der Waals surface area contributed by atoms with Crippen molar-refractivity contribution < 1.29 is 23.1 Å². The number of hydrogen-bond donors (Lipinski definition) is 1. The van der Waals surface area contributed by atoms with E-state index in [0.29, 0.717) is 12.2 Å². The highest BCUT2D eigenvalue weighted by Crippen LogP contribution is 2.22. The molecule has 0 aliphatic heterocycles. The van der Waals surface area contributed by atoms with Gasteiger partial charge in [0.15, 0.2) is 5.25 Å². The Labute approximate surface area is 125 Å².